The lowest BCUT2D eigenvalue weighted by Crippen LogP contribution is -2.52. The quantitative estimate of drug-likeness (QED) is 0.172. The lowest BCUT2D eigenvalue weighted by atomic mass is 9.81. The fourth-order valence-electron chi connectivity index (χ4n) is 3.93. The molecule has 232 valence electrons. The Labute approximate surface area is 236 Å². The smallest absolute Gasteiger partial charge is 0.410 e. The molecule has 1 rings (SSSR count). The molecule has 0 bridgehead atoms. The molecule has 1 heterocycles. The molecule has 0 unspecified atom stereocenters. The first-order valence-corrected chi connectivity index (χ1v) is 14.3. The molecule has 0 spiro atoms. The van der Waals surface area contributed by atoms with Crippen molar-refractivity contribution in [1.29, 1.82) is 0 Å². The summed E-state index contributed by atoms with van der Waals surface area (Å²) in [6.07, 6.45) is 1.33. The average Bonchev–Trinajstić information content (AvgIpc) is 2.88. The Morgan fingerprint density at radius 3 is 1.36 bits per heavy atom. The van der Waals surface area contributed by atoms with Gasteiger partial charge in [-0.15, -0.1) is 0 Å². The normalized spacial score (nSPS) is 15.7. The summed E-state index contributed by atoms with van der Waals surface area (Å²) in [7, 11) is 1.65. The maximum Gasteiger partial charge on any atom is 0.410 e. The zero-order valence-corrected chi connectivity index (χ0v) is 25.3. The van der Waals surface area contributed by atoms with Crippen LogP contribution in [0.1, 0.15) is 47.5 Å². The minimum atomic E-state index is -0.486. The van der Waals surface area contributed by atoms with E-state index in [1.165, 1.54) is 0 Å². The van der Waals surface area contributed by atoms with Crippen molar-refractivity contribution in [3.05, 3.63) is 0 Å². The van der Waals surface area contributed by atoms with E-state index in [1.54, 1.807) is 12.0 Å². The summed E-state index contributed by atoms with van der Waals surface area (Å²) in [5.74, 6) is 0.344. The molecule has 0 aromatic heterocycles. The molecular weight excluding hydrogens is 510 g/mol. The van der Waals surface area contributed by atoms with Gasteiger partial charge in [0.2, 0.25) is 0 Å². The number of rotatable bonds is 23. The monoisotopic (exact) mass is 565 g/mol. The molecule has 0 aromatic rings. The van der Waals surface area contributed by atoms with Crippen LogP contribution in [0.3, 0.4) is 0 Å². The Bertz CT molecular complexity index is 591. The highest BCUT2D eigenvalue weighted by molar-refractivity contribution is 5.68. The summed E-state index contributed by atoms with van der Waals surface area (Å²) in [5.41, 5.74) is -0.730. The molecule has 11 nitrogen and oxygen atoms in total. The number of ether oxygens (including phenoxy) is 9. The van der Waals surface area contributed by atoms with Crippen LogP contribution in [0.2, 0.25) is 0 Å². The molecule has 0 aromatic carbocycles. The Morgan fingerprint density at radius 2 is 1.03 bits per heavy atom. The van der Waals surface area contributed by atoms with Crippen LogP contribution in [0.4, 0.5) is 4.79 Å². The van der Waals surface area contributed by atoms with Gasteiger partial charge in [0.05, 0.1) is 98.1 Å². The van der Waals surface area contributed by atoms with Gasteiger partial charge in [0, 0.05) is 20.2 Å². The van der Waals surface area contributed by atoms with E-state index in [-0.39, 0.29) is 11.7 Å². The van der Waals surface area contributed by atoms with Crippen LogP contribution in [0.5, 0.6) is 0 Å². The number of piperidine rings is 1. The molecule has 0 radical (unpaired) electrons. The second kappa shape index (κ2) is 21.7. The molecule has 0 saturated carbocycles. The standard InChI is InChI=1S/C28H55NO10/c1-25(2)28(7-9-29(10-8-28)26(30)39-27(3,4)5)38-24-23-37-22-21-36-20-19-35-18-17-34-16-15-33-14-13-32-12-11-31-6/h25H,7-24H2,1-6H3. The van der Waals surface area contributed by atoms with E-state index in [2.05, 4.69) is 13.8 Å². The number of hydrogen-bond acceptors (Lipinski definition) is 10. The number of nitrogens with zero attached hydrogens (tertiary/aromatic N) is 1. The van der Waals surface area contributed by atoms with Crippen molar-refractivity contribution in [2.75, 3.05) is 113 Å². The van der Waals surface area contributed by atoms with Crippen molar-refractivity contribution in [3.63, 3.8) is 0 Å². The summed E-state index contributed by atoms with van der Waals surface area (Å²) in [6.45, 7) is 18.7. The third kappa shape index (κ3) is 18.1. The van der Waals surface area contributed by atoms with Gasteiger partial charge in [0.15, 0.2) is 0 Å². The third-order valence-electron chi connectivity index (χ3n) is 6.22. The fourth-order valence-corrected chi connectivity index (χ4v) is 3.93. The summed E-state index contributed by atoms with van der Waals surface area (Å²) in [6, 6.07) is 0. The highest BCUT2D eigenvalue weighted by atomic mass is 16.6. The Morgan fingerprint density at radius 1 is 0.667 bits per heavy atom. The SMILES string of the molecule is COCCOCCOCCOCCOCCOCCOCCOC1(C(C)C)CCN(C(=O)OC(C)(C)C)CC1. The fraction of sp³-hybridized carbons (Fsp3) is 0.964. The lowest BCUT2D eigenvalue weighted by molar-refractivity contribution is -0.125. The van der Waals surface area contributed by atoms with E-state index >= 15 is 0 Å². The highest BCUT2D eigenvalue weighted by Crippen LogP contribution is 2.34. The van der Waals surface area contributed by atoms with Crippen molar-refractivity contribution >= 4 is 6.09 Å². The minimum absolute atomic E-state index is 0.245. The van der Waals surface area contributed by atoms with Gasteiger partial charge >= 0.3 is 6.09 Å². The maximum atomic E-state index is 12.4. The van der Waals surface area contributed by atoms with Crippen LogP contribution in [-0.4, -0.2) is 135 Å². The van der Waals surface area contributed by atoms with Crippen molar-refractivity contribution in [3.8, 4) is 0 Å². The van der Waals surface area contributed by atoms with Crippen LogP contribution >= 0.6 is 0 Å². The van der Waals surface area contributed by atoms with Crippen LogP contribution in [0, 0.1) is 5.92 Å². The Kier molecular flexibility index (Phi) is 20.0. The maximum absolute atomic E-state index is 12.4. The van der Waals surface area contributed by atoms with Crippen molar-refractivity contribution in [2.24, 2.45) is 5.92 Å². The number of hydrogen-bond donors (Lipinski definition) is 0. The van der Waals surface area contributed by atoms with Crippen molar-refractivity contribution in [2.45, 2.75) is 58.7 Å². The number of carbonyl (C=O) groups excluding carboxylic acids is 1. The average molecular weight is 566 g/mol. The molecule has 1 aliphatic heterocycles. The van der Waals surface area contributed by atoms with E-state index in [4.69, 9.17) is 42.6 Å². The minimum Gasteiger partial charge on any atom is -0.444 e. The molecule has 0 aliphatic carbocycles. The van der Waals surface area contributed by atoms with E-state index in [0.29, 0.717) is 112 Å². The summed E-state index contributed by atoms with van der Waals surface area (Å²) >= 11 is 0. The summed E-state index contributed by atoms with van der Waals surface area (Å²) < 4.78 is 49.6. The van der Waals surface area contributed by atoms with Gasteiger partial charge in [-0.25, -0.2) is 4.79 Å². The topological polar surface area (TPSA) is 103 Å². The molecule has 0 atom stereocenters. The van der Waals surface area contributed by atoms with E-state index in [1.807, 2.05) is 20.8 Å². The summed E-state index contributed by atoms with van der Waals surface area (Å²) in [5, 5.41) is 0. The van der Waals surface area contributed by atoms with E-state index in [9.17, 15) is 4.79 Å². The van der Waals surface area contributed by atoms with Crippen LogP contribution in [0.15, 0.2) is 0 Å². The Balaban J connectivity index is 1.93. The number of methoxy groups -OCH3 is 1. The van der Waals surface area contributed by atoms with E-state index in [0.717, 1.165) is 12.8 Å². The Hall–Kier alpha value is -1.05. The number of amides is 1. The number of carbonyl (C=O) groups is 1. The van der Waals surface area contributed by atoms with Gasteiger partial charge < -0.3 is 47.5 Å². The second-order valence-corrected chi connectivity index (χ2v) is 10.7. The van der Waals surface area contributed by atoms with Crippen molar-refractivity contribution in [1.82, 2.24) is 4.90 Å². The molecule has 11 heteroatoms. The van der Waals surface area contributed by atoms with Crippen molar-refractivity contribution < 1.29 is 47.4 Å². The second-order valence-electron chi connectivity index (χ2n) is 10.7. The van der Waals surface area contributed by atoms with Gasteiger partial charge in [0.1, 0.15) is 5.60 Å². The van der Waals surface area contributed by atoms with Gasteiger partial charge in [-0.1, -0.05) is 13.8 Å². The van der Waals surface area contributed by atoms with Gasteiger partial charge in [-0.3, -0.25) is 0 Å². The largest absolute Gasteiger partial charge is 0.444 e. The van der Waals surface area contributed by atoms with Crippen LogP contribution in [-0.2, 0) is 42.6 Å². The zero-order chi connectivity index (χ0) is 28.8. The van der Waals surface area contributed by atoms with Crippen LogP contribution < -0.4 is 0 Å². The molecule has 1 fully saturated rings. The third-order valence-corrected chi connectivity index (χ3v) is 6.22. The highest BCUT2D eigenvalue weighted by Gasteiger charge is 2.40. The van der Waals surface area contributed by atoms with Crippen LogP contribution in [0.25, 0.3) is 0 Å². The molecule has 1 amide bonds. The predicted molar refractivity (Wildman–Crippen MR) is 147 cm³/mol. The molecule has 39 heavy (non-hydrogen) atoms. The molecule has 0 N–H and O–H groups in total. The van der Waals surface area contributed by atoms with E-state index < -0.39 is 5.60 Å². The predicted octanol–water partition coefficient (Wildman–Crippen LogP) is 3.17. The lowest BCUT2D eigenvalue weighted by Gasteiger charge is -2.44. The van der Waals surface area contributed by atoms with Gasteiger partial charge in [-0.05, 0) is 39.5 Å². The first kappa shape index (κ1) is 36.0. The molecule has 1 aliphatic rings. The molecular formula is C28H55NO10. The van der Waals surface area contributed by atoms with Gasteiger partial charge in [-0.2, -0.15) is 0 Å². The van der Waals surface area contributed by atoms with Gasteiger partial charge in [0.25, 0.3) is 0 Å². The first-order chi connectivity index (χ1) is 18.7. The first-order valence-electron chi connectivity index (χ1n) is 14.3. The zero-order valence-electron chi connectivity index (χ0n) is 25.3. The molecule has 1 saturated heterocycles. The summed E-state index contributed by atoms with van der Waals surface area (Å²) in [4.78, 5) is 14.1. The number of likely N-dealkylation sites (tertiary alicyclic amines) is 1.